The van der Waals surface area contributed by atoms with Gasteiger partial charge < -0.3 is 10.6 Å². The van der Waals surface area contributed by atoms with Crippen molar-refractivity contribution in [3.63, 3.8) is 0 Å². The Hall–Kier alpha value is -4.74. The number of amides is 3. The van der Waals surface area contributed by atoms with Gasteiger partial charge in [0.05, 0.1) is 27.2 Å². The molecule has 3 aromatic rings. The molecule has 0 bridgehead atoms. The Balaban J connectivity index is 1.52. The largest absolute Gasteiger partial charge is 0.416 e. The number of benzene rings is 3. The van der Waals surface area contributed by atoms with Gasteiger partial charge in [-0.05, 0) is 36.4 Å². The number of anilines is 2. The van der Waals surface area contributed by atoms with E-state index in [0.29, 0.717) is 0 Å². The lowest BCUT2D eigenvalue weighted by atomic mass is 10.1. The number of non-ortho nitro benzene ring substituents is 1. The van der Waals surface area contributed by atoms with Crippen LogP contribution in [0.4, 0.5) is 30.2 Å². The molecule has 2 N–H and O–H groups in total. The standard InChI is InChI=1S/C24H17F3N4O5/c25-24(26,27)14-4-3-5-15(12-14)29-21(32)19-13-16(31(35)36)8-9-20(19)28-10-11-30-22(33)17-6-1-2-7-18(17)23(30)34/h1-9,12-13,28H,10-11H2,(H,29,32). The number of nitro groups is 1. The number of carbonyl (C=O) groups is 3. The first kappa shape index (κ1) is 24.4. The molecule has 0 radical (unpaired) electrons. The maximum Gasteiger partial charge on any atom is 0.416 e. The maximum absolute atomic E-state index is 13.0. The highest BCUT2D eigenvalue weighted by Crippen LogP contribution is 2.31. The minimum absolute atomic E-state index is 0.00706. The van der Waals surface area contributed by atoms with Gasteiger partial charge in [0.2, 0.25) is 0 Å². The Morgan fingerprint density at radius 2 is 1.61 bits per heavy atom. The molecule has 0 unspecified atom stereocenters. The zero-order valence-corrected chi connectivity index (χ0v) is 18.3. The molecule has 1 aliphatic rings. The Kier molecular flexibility index (Phi) is 6.43. The molecule has 3 amide bonds. The minimum atomic E-state index is -4.62. The van der Waals surface area contributed by atoms with Gasteiger partial charge in [-0.1, -0.05) is 18.2 Å². The molecule has 0 atom stereocenters. The molecule has 0 aromatic heterocycles. The van der Waals surface area contributed by atoms with Crippen LogP contribution in [0.2, 0.25) is 0 Å². The van der Waals surface area contributed by atoms with Crippen molar-refractivity contribution in [1.29, 1.82) is 0 Å². The van der Waals surface area contributed by atoms with Crippen LogP contribution in [0.15, 0.2) is 66.7 Å². The van der Waals surface area contributed by atoms with Crippen LogP contribution in [0.3, 0.4) is 0 Å². The summed E-state index contributed by atoms with van der Waals surface area (Å²) in [5.74, 6) is -1.83. The Labute approximate surface area is 201 Å². The number of nitrogens with zero attached hydrogens (tertiary/aromatic N) is 2. The van der Waals surface area contributed by atoms with Crippen molar-refractivity contribution in [2.45, 2.75) is 6.18 Å². The molecule has 0 saturated carbocycles. The number of carbonyl (C=O) groups excluding carboxylic acids is 3. The third kappa shape index (κ3) is 4.87. The Bertz CT molecular complexity index is 1360. The molecular weight excluding hydrogens is 481 g/mol. The predicted molar refractivity (Wildman–Crippen MR) is 123 cm³/mol. The summed E-state index contributed by atoms with van der Waals surface area (Å²) in [7, 11) is 0. The smallest absolute Gasteiger partial charge is 0.383 e. The molecule has 9 nitrogen and oxygen atoms in total. The third-order valence-corrected chi connectivity index (χ3v) is 5.44. The number of nitro benzene ring substituents is 1. The van der Waals surface area contributed by atoms with Gasteiger partial charge in [0.15, 0.2) is 0 Å². The van der Waals surface area contributed by atoms with Crippen LogP contribution in [0.5, 0.6) is 0 Å². The van der Waals surface area contributed by atoms with Crippen molar-refractivity contribution in [1.82, 2.24) is 4.90 Å². The van der Waals surface area contributed by atoms with Gasteiger partial charge in [0.1, 0.15) is 0 Å². The summed E-state index contributed by atoms with van der Waals surface area (Å²) < 4.78 is 39.0. The SMILES string of the molecule is O=C(Nc1cccc(C(F)(F)F)c1)c1cc([N+](=O)[O-])ccc1NCCN1C(=O)c2ccccc2C1=O. The quantitative estimate of drug-likeness (QED) is 0.280. The average Bonchev–Trinajstić information content (AvgIpc) is 3.08. The molecule has 0 aliphatic carbocycles. The van der Waals surface area contributed by atoms with Crippen molar-refractivity contribution >= 4 is 34.8 Å². The summed E-state index contributed by atoms with van der Waals surface area (Å²) in [6, 6.07) is 13.7. The average molecular weight is 498 g/mol. The minimum Gasteiger partial charge on any atom is -0.383 e. The van der Waals surface area contributed by atoms with Gasteiger partial charge >= 0.3 is 6.18 Å². The van der Waals surface area contributed by atoms with Gasteiger partial charge in [-0.2, -0.15) is 13.2 Å². The number of alkyl halides is 3. The zero-order valence-electron chi connectivity index (χ0n) is 18.3. The molecule has 36 heavy (non-hydrogen) atoms. The van der Waals surface area contributed by atoms with Gasteiger partial charge in [-0.15, -0.1) is 0 Å². The first-order valence-corrected chi connectivity index (χ1v) is 10.5. The van der Waals surface area contributed by atoms with Crippen LogP contribution in [0, 0.1) is 10.1 Å². The number of halogens is 3. The first-order chi connectivity index (χ1) is 17.1. The van der Waals surface area contributed by atoms with Crippen LogP contribution < -0.4 is 10.6 Å². The highest BCUT2D eigenvalue weighted by atomic mass is 19.4. The van der Waals surface area contributed by atoms with E-state index in [0.717, 1.165) is 35.2 Å². The van der Waals surface area contributed by atoms with Gasteiger partial charge in [0.25, 0.3) is 23.4 Å². The fourth-order valence-electron chi connectivity index (χ4n) is 3.70. The fourth-order valence-corrected chi connectivity index (χ4v) is 3.70. The van der Waals surface area contributed by atoms with E-state index in [-0.39, 0.29) is 41.2 Å². The second-order valence-corrected chi connectivity index (χ2v) is 7.75. The van der Waals surface area contributed by atoms with Crippen molar-refractivity contribution in [2.75, 3.05) is 23.7 Å². The summed E-state index contributed by atoms with van der Waals surface area (Å²) in [5, 5.41) is 16.4. The van der Waals surface area contributed by atoms with E-state index in [1.807, 2.05) is 0 Å². The van der Waals surface area contributed by atoms with Crippen molar-refractivity contribution < 1.29 is 32.5 Å². The highest BCUT2D eigenvalue weighted by molar-refractivity contribution is 6.21. The number of hydrogen-bond donors (Lipinski definition) is 2. The molecule has 0 fully saturated rings. The highest BCUT2D eigenvalue weighted by Gasteiger charge is 2.34. The molecule has 1 aliphatic heterocycles. The normalized spacial score (nSPS) is 12.9. The Morgan fingerprint density at radius 1 is 0.944 bits per heavy atom. The van der Waals surface area contributed by atoms with E-state index >= 15 is 0 Å². The molecule has 12 heteroatoms. The lowest BCUT2D eigenvalue weighted by Crippen LogP contribution is -2.34. The second-order valence-electron chi connectivity index (χ2n) is 7.75. The van der Waals surface area contributed by atoms with E-state index in [1.165, 1.54) is 24.3 Å². The number of nitrogens with one attached hydrogen (secondary N) is 2. The van der Waals surface area contributed by atoms with E-state index in [9.17, 15) is 37.7 Å². The van der Waals surface area contributed by atoms with E-state index in [1.54, 1.807) is 12.1 Å². The fraction of sp³-hybridized carbons (Fsp3) is 0.125. The third-order valence-electron chi connectivity index (χ3n) is 5.44. The zero-order chi connectivity index (χ0) is 26.0. The number of fused-ring (bicyclic) bond motifs is 1. The molecule has 184 valence electrons. The molecular formula is C24H17F3N4O5. The van der Waals surface area contributed by atoms with E-state index < -0.39 is 40.1 Å². The van der Waals surface area contributed by atoms with Crippen LogP contribution in [-0.2, 0) is 6.18 Å². The summed E-state index contributed by atoms with van der Waals surface area (Å²) in [5.41, 5.74) is -1.06. The lowest BCUT2D eigenvalue weighted by Gasteiger charge is -2.17. The van der Waals surface area contributed by atoms with Crippen LogP contribution >= 0.6 is 0 Å². The van der Waals surface area contributed by atoms with E-state index in [4.69, 9.17) is 0 Å². The molecule has 3 aromatic carbocycles. The van der Waals surface area contributed by atoms with Crippen molar-refractivity contribution in [3.8, 4) is 0 Å². The van der Waals surface area contributed by atoms with Crippen LogP contribution in [-0.4, -0.2) is 40.6 Å². The molecule has 1 heterocycles. The maximum atomic E-state index is 13.0. The topological polar surface area (TPSA) is 122 Å². The van der Waals surface area contributed by atoms with Crippen LogP contribution in [0.25, 0.3) is 0 Å². The number of hydrogen-bond acceptors (Lipinski definition) is 6. The van der Waals surface area contributed by atoms with Crippen molar-refractivity contribution in [2.24, 2.45) is 0 Å². The van der Waals surface area contributed by atoms with Gasteiger partial charge in [0, 0.05) is 36.6 Å². The monoisotopic (exact) mass is 498 g/mol. The van der Waals surface area contributed by atoms with E-state index in [2.05, 4.69) is 10.6 Å². The molecule has 4 rings (SSSR count). The summed E-state index contributed by atoms with van der Waals surface area (Å²) in [6.07, 6.45) is -4.62. The van der Waals surface area contributed by atoms with Gasteiger partial charge in [-0.25, -0.2) is 0 Å². The molecule has 0 saturated heterocycles. The van der Waals surface area contributed by atoms with Gasteiger partial charge in [-0.3, -0.25) is 29.4 Å². The number of rotatable bonds is 7. The summed E-state index contributed by atoms with van der Waals surface area (Å²) >= 11 is 0. The van der Waals surface area contributed by atoms with Crippen molar-refractivity contribution in [3.05, 3.63) is 99.1 Å². The summed E-state index contributed by atoms with van der Waals surface area (Å²) in [6.45, 7) is -0.0505. The second kappa shape index (κ2) is 9.49. The molecule has 0 spiro atoms. The number of imide groups is 1. The predicted octanol–water partition coefficient (Wildman–Crippen LogP) is 4.57. The first-order valence-electron chi connectivity index (χ1n) is 10.5. The van der Waals surface area contributed by atoms with Crippen LogP contribution in [0.1, 0.15) is 36.6 Å². The Morgan fingerprint density at radius 3 is 2.22 bits per heavy atom. The summed E-state index contributed by atoms with van der Waals surface area (Å²) in [4.78, 5) is 49.4. The lowest BCUT2D eigenvalue weighted by molar-refractivity contribution is -0.384.